The molecule has 4 nitrogen and oxygen atoms in total. The highest BCUT2D eigenvalue weighted by molar-refractivity contribution is 7.10. The number of carboxylic acids is 1. The van der Waals surface area contributed by atoms with Gasteiger partial charge in [0.2, 0.25) is 0 Å². The fourth-order valence-corrected chi connectivity index (χ4v) is 4.10. The zero-order valence-corrected chi connectivity index (χ0v) is 13.9. The molecule has 2 aromatic rings. The predicted octanol–water partition coefficient (Wildman–Crippen LogP) is 3.60. The lowest BCUT2D eigenvalue weighted by Gasteiger charge is -2.19. The van der Waals surface area contributed by atoms with Gasteiger partial charge in [-0.2, -0.15) is 0 Å². The van der Waals surface area contributed by atoms with Crippen LogP contribution in [-0.4, -0.2) is 28.9 Å². The fraction of sp³-hybridized carbons (Fsp3) is 0.333. The highest BCUT2D eigenvalue weighted by Gasteiger charge is 2.22. The van der Waals surface area contributed by atoms with Crippen molar-refractivity contribution in [2.45, 2.75) is 32.2 Å². The molecule has 1 heterocycles. The molecule has 0 saturated carbocycles. The summed E-state index contributed by atoms with van der Waals surface area (Å²) in [4.78, 5) is 26.6. The molecular formula is C18H19NO3S. The molecule has 1 aliphatic rings. The van der Waals surface area contributed by atoms with Crippen LogP contribution in [0.2, 0.25) is 0 Å². The first kappa shape index (κ1) is 15.7. The van der Waals surface area contributed by atoms with Crippen LogP contribution in [0.3, 0.4) is 0 Å². The second-order valence-electron chi connectivity index (χ2n) is 5.92. The van der Waals surface area contributed by atoms with Gasteiger partial charge < -0.3 is 10.0 Å². The van der Waals surface area contributed by atoms with Crippen molar-refractivity contribution in [1.29, 1.82) is 0 Å². The number of carbonyl (C=O) groups excluding carboxylic acids is 1. The van der Waals surface area contributed by atoms with Crippen LogP contribution in [0.15, 0.2) is 29.6 Å². The van der Waals surface area contributed by atoms with Crippen LogP contribution in [0.5, 0.6) is 0 Å². The Morgan fingerprint density at radius 1 is 1.17 bits per heavy atom. The van der Waals surface area contributed by atoms with Crippen LogP contribution in [0.4, 0.5) is 0 Å². The quantitative estimate of drug-likeness (QED) is 0.932. The molecule has 0 aliphatic heterocycles. The highest BCUT2D eigenvalue weighted by atomic mass is 32.1. The number of carbonyl (C=O) groups is 2. The average molecular weight is 329 g/mol. The summed E-state index contributed by atoms with van der Waals surface area (Å²) in [5.41, 5.74) is 3.26. The number of hydrogen-bond donors (Lipinski definition) is 1. The van der Waals surface area contributed by atoms with E-state index in [1.54, 1.807) is 47.5 Å². The van der Waals surface area contributed by atoms with Gasteiger partial charge in [0.25, 0.3) is 5.91 Å². The van der Waals surface area contributed by atoms with Crippen molar-refractivity contribution in [3.8, 4) is 0 Å². The smallest absolute Gasteiger partial charge is 0.335 e. The molecule has 5 heteroatoms. The second-order valence-corrected chi connectivity index (χ2v) is 6.89. The van der Waals surface area contributed by atoms with Gasteiger partial charge >= 0.3 is 5.97 Å². The Kier molecular flexibility index (Phi) is 4.48. The van der Waals surface area contributed by atoms with E-state index in [9.17, 15) is 9.59 Å². The Bertz CT molecular complexity index is 733. The van der Waals surface area contributed by atoms with E-state index in [1.165, 1.54) is 16.9 Å². The maximum atomic E-state index is 12.7. The molecule has 0 atom stereocenters. The normalized spacial score (nSPS) is 13.4. The van der Waals surface area contributed by atoms with Gasteiger partial charge in [-0.05, 0) is 48.9 Å². The third-order valence-electron chi connectivity index (χ3n) is 4.26. The molecule has 0 spiro atoms. The van der Waals surface area contributed by atoms with E-state index < -0.39 is 5.97 Å². The zero-order chi connectivity index (χ0) is 16.4. The number of thiophene rings is 1. The van der Waals surface area contributed by atoms with Gasteiger partial charge in [0, 0.05) is 23.8 Å². The minimum Gasteiger partial charge on any atom is -0.478 e. The van der Waals surface area contributed by atoms with Crippen molar-refractivity contribution >= 4 is 23.2 Å². The van der Waals surface area contributed by atoms with Gasteiger partial charge in [0.05, 0.1) is 11.1 Å². The minimum absolute atomic E-state index is 0.0479. The molecule has 23 heavy (non-hydrogen) atoms. The highest BCUT2D eigenvalue weighted by Crippen LogP contribution is 2.31. The van der Waals surface area contributed by atoms with Gasteiger partial charge in [0.1, 0.15) is 0 Å². The molecule has 1 aromatic carbocycles. The molecule has 1 aromatic heterocycles. The average Bonchev–Trinajstić information content (AvgIpc) is 2.98. The molecule has 120 valence electrons. The van der Waals surface area contributed by atoms with E-state index in [4.69, 9.17) is 5.11 Å². The van der Waals surface area contributed by atoms with Crippen molar-refractivity contribution in [2.75, 3.05) is 7.05 Å². The third kappa shape index (κ3) is 3.29. The van der Waals surface area contributed by atoms with E-state index in [0.29, 0.717) is 6.54 Å². The predicted molar refractivity (Wildman–Crippen MR) is 90.2 cm³/mol. The van der Waals surface area contributed by atoms with Gasteiger partial charge in [-0.15, -0.1) is 11.3 Å². The maximum Gasteiger partial charge on any atom is 0.335 e. The first-order valence-electron chi connectivity index (χ1n) is 7.73. The number of aromatic carboxylic acids is 1. The Labute approximate surface area is 139 Å². The Balaban J connectivity index is 1.72. The molecule has 0 saturated heterocycles. The largest absolute Gasteiger partial charge is 0.478 e. The van der Waals surface area contributed by atoms with Crippen LogP contribution < -0.4 is 0 Å². The Hall–Kier alpha value is -2.14. The molecule has 0 fully saturated rings. The van der Waals surface area contributed by atoms with Crippen LogP contribution in [0, 0.1) is 0 Å². The zero-order valence-electron chi connectivity index (χ0n) is 13.0. The summed E-state index contributed by atoms with van der Waals surface area (Å²) in [5.74, 6) is -0.891. The van der Waals surface area contributed by atoms with Gasteiger partial charge in [0.15, 0.2) is 0 Å². The number of nitrogens with zero attached hydrogens (tertiary/aromatic N) is 1. The number of aryl methyl sites for hydroxylation is 1. The molecule has 1 amide bonds. The lowest BCUT2D eigenvalue weighted by molar-refractivity contribution is 0.0695. The molecule has 0 radical (unpaired) electrons. The molecule has 1 aliphatic carbocycles. The summed E-state index contributed by atoms with van der Waals surface area (Å²) in [7, 11) is 1.79. The van der Waals surface area contributed by atoms with Crippen molar-refractivity contribution < 1.29 is 14.7 Å². The topological polar surface area (TPSA) is 57.6 Å². The molecule has 0 unspecified atom stereocenters. The molecular weight excluding hydrogens is 310 g/mol. The molecule has 3 rings (SSSR count). The van der Waals surface area contributed by atoms with Crippen LogP contribution >= 0.6 is 11.3 Å². The Morgan fingerprint density at radius 2 is 1.87 bits per heavy atom. The summed E-state index contributed by atoms with van der Waals surface area (Å²) in [6.45, 7) is 0.476. The van der Waals surface area contributed by atoms with Crippen LogP contribution in [0.1, 0.15) is 49.6 Å². The third-order valence-corrected chi connectivity index (χ3v) is 5.35. The maximum absolute atomic E-state index is 12.7. The summed E-state index contributed by atoms with van der Waals surface area (Å²) < 4.78 is 0. The summed E-state index contributed by atoms with van der Waals surface area (Å²) in [5, 5.41) is 10.9. The second kappa shape index (κ2) is 6.54. The SMILES string of the molecule is CN(Cc1ccc(C(=O)O)cc1)C(=O)c1csc2c1CCCC2. The number of amides is 1. The lowest BCUT2D eigenvalue weighted by Crippen LogP contribution is -2.27. The minimum atomic E-state index is -0.939. The number of fused-ring (bicyclic) bond motifs is 1. The first-order chi connectivity index (χ1) is 11.1. The molecule has 1 N–H and O–H groups in total. The van der Waals surface area contributed by atoms with E-state index in [1.807, 2.05) is 5.38 Å². The van der Waals surface area contributed by atoms with Crippen molar-refractivity contribution in [2.24, 2.45) is 0 Å². The van der Waals surface area contributed by atoms with Gasteiger partial charge in [-0.1, -0.05) is 12.1 Å². The van der Waals surface area contributed by atoms with Crippen molar-refractivity contribution in [3.63, 3.8) is 0 Å². The number of carboxylic acid groups (broad SMARTS) is 1. The van der Waals surface area contributed by atoms with Gasteiger partial charge in [-0.3, -0.25) is 4.79 Å². The van der Waals surface area contributed by atoms with Crippen molar-refractivity contribution in [3.05, 3.63) is 56.8 Å². The number of hydrogen-bond acceptors (Lipinski definition) is 3. The van der Waals surface area contributed by atoms with E-state index >= 15 is 0 Å². The monoisotopic (exact) mass is 329 g/mol. The number of benzene rings is 1. The first-order valence-corrected chi connectivity index (χ1v) is 8.61. The summed E-state index contributed by atoms with van der Waals surface area (Å²) in [6.07, 6.45) is 4.46. The fourth-order valence-electron chi connectivity index (χ4n) is 2.98. The lowest BCUT2D eigenvalue weighted by atomic mass is 9.95. The number of rotatable bonds is 4. The Morgan fingerprint density at radius 3 is 2.57 bits per heavy atom. The standard InChI is InChI=1S/C18H19NO3S/c1-19(10-12-6-8-13(9-7-12)18(21)22)17(20)15-11-23-16-5-3-2-4-14(15)16/h6-9,11H,2-5,10H2,1H3,(H,21,22). The van der Waals surface area contributed by atoms with Crippen molar-refractivity contribution in [1.82, 2.24) is 4.90 Å². The van der Waals surface area contributed by atoms with E-state index in [0.717, 1.165) is 30.4 Å². The molecule has 0 bridgehead atoms. The van der Waals surface area contributed by atoms with Crippen LogP contribution in [0.25, 0.3) is 0 Å². The van der Waals surface area contributed by atoms with Crippen LogP contribution in [-0.2, 0) is 19.4 Å². The van der Waals surface area contributed by atoms with E-state index in [2.05, 4.69) is 0 Å². The summed E-state index contributed by atoms with van der Waals surface area (Å²) in [6, 6.07) is 6.66. The summed E-state index contributed by atoms with van der Waals surface area (Å²) >= 11 is 1.70. The van der Waals surface area contributed by atoms with E-state index in [-0.39, 0.29) is 11.5 Å². The van der Waals surface area contributed by atoms with Gasteiger partial charge in [-0.25, -0.2) is 4.79 Å².